The van der Waals surface area contributed by atoms with E-state index in [0.29, 0.717) is 26.1 Å². The molecule has 1 atom stereocenters. The minimum Gasteiger partial charge on any atom is -0.387 e. The first kappa shape index (κ1) is 13.1. The normalized spacial score (nSPS) is 20.1. The molecule has 1 fully saturated rings. The minimum atomic E-state index is -0.730. The molecule has 1 aromatic carbocycles. The molecule has 3 nitrogen and oxygen atoms in total. The summed E-state index contributed by atoms with van der Waals surface area (Å²) in [6.45, 7) is 5.11. The number of hydrogen-bond donors (Lipinski definition) is 1. The van der Waals surface area contributed by atoms with Crippen LogP contribution in [0.3, 0.4) is 0 Å². The smallest absolute Gasteiger partial charge is 0.0980 e. The van der Waals surface area contributed by atoms with Crippen molar-refractivity contribution in [2.75, 3.05) is 13.2 Å². The molecule has 1 aromatic rings. The first-order valence-corrected chi connectivity index (χ1v) is 6.33. The molecule has 3 heteroatoms. The van der Waals surface area contributed by atoms with E-state index in [-0.39, 0.29) is 0 Å². The van der Waals surface area contributed by atoms with E-state index in [1.54, 1.807) is 0 Å². The van der Waals surface area contributed by atoms with Crippen molar-refractivity contribution in [3.05, 3.63) is 34.9 Å². The average Bonchev–Trinajstić information content (AvgIpc) is 2.39. The Morgan fingerprint density at radius 1 is 1.33 bits per heavy atom. The van der Waals surface area contributed by atoms with Gasteiger partial charge < -0.3 is 9.84 Å². The third-order valence-electron chi connectivity index (χ3n) is 3.85. The Morgan fingerprint density at radius 2 is 2.00 bits per heavy atom. The van der Waals surface area contributed by atoms with Gasteiger partial charge in [-0.3, -0.25) is 0 Å². The van der Waals surface area contributed by atoms with Crippen LogP contribution in [0.15, 0.2) is 18.2 Å². The zero-order valence-electron chi connectivity index (χ0n) is 10.9. The molecule has 0 bridgehead atoms. The molecule has 1 aliphatic rings. The highest BCUT2D eigenvalue weighted by Crippen LogP contribution is 2.42. The van der Waals surface area contributed by atoms with E-state index in [1.165, 1.54) is 5.56 Å². The van der Waals surface area contributed by atoms with Crippen LogP contribution >= 0.6 is 0 Å². The van der Waals surface area contributed by atoms with Gasteiger partial charge in [-0.05, 0) is 37.8 Å². The van der Waals surface area contributed by atoms with Crippen LogP contribution in [0, 0.1) is 30.6 Å². The van der Waals surface area contributed by atoms with E-state index >= 15 is 0 Å². The lowest BCUT2D eigenvalue weighted by atomic mass is 9.73. The van der Waals surface area contributed by atoms with Gasteiger partial charge in [0.25, 0.3) is 0 Å². The van der Waals surface area contributed by atoms with Crippen LogP contribution in [0.5, 0.6) is 0 Å². The number of aryl methyl sites for hydroxylation is 2. The van der Waals surface area contributed by atoms with Crippen LogP contribution < -0.4 is 0 Å². The van der Waals surface area contributed by atoms with Crippen molar-refractivity contribution in [2.24, 2.45) is 5.41 Å². The summed E-state index contributed by atoms with van der Waals surface area (Å²) in [6, 6.07) is 8.29. The molecule has 1 saturated heterocycles. The van der Waals surface area contributed by atoms with Gasteiger partial charge in [0.2, 0.25) is 0 Å². The van der Waals surface area contributed by atoms with Crippen molar-refractivity contribution < 1.29 is 9.84 Å². The molecule has 0 aliphatic carbocycles. The maximum absolute atomic E-state index is 10.6. The molecule has 18 heavy (non-hydrogen) atoms. The largest absolute Gasteiger partial charge is 0.387 e. The van der Waals surface area contributed by atoms with Crippen LogP contribution in [0.25, 0.3) is 0 Å². The van der Waals surface area contributed by atoms with E-state index in [9.17, 15) is 10.4 Å². The van der Waals surface area contributed by atoms with Crippen molar-refractivity contribution in [3.8, 4) is 6.07 Å². The van der Waals surface area contributed by atoms with Crippen molar-refractivity contribution in [3.63, 3.8) is 0 Å². The maximum atomic E-state index is 10.6. The molecule has 0 amide bonds. The molecule has 0 spiro atoms. The second-order valence-electron chi connectivity index (χ2n) is 5.14. The highest BCUT2D eigenvalue weighted by molar-refractivity contribution is 5.34. The standard InChI is InChI=1S/C15H19NO2/c1-11-3-4-13(12(2)9-11)14(17)15(10-16)5-7-18-8-6-15/h3-4,9,14,17H,5-8H2,1-2H3. The number of ether oxygens (including phenoxy) is 1. The number of aliphatic hydroxyl groups is 1. The second kappa shape index (κ2) is 5.09. The second-order valence-corrected chi connectivity index (χ2v) is 5.14. The Kier molecular flexibility index (Phi) is 3.70. The predicted molar refractivity (Wildman–Crippen MR) is 69.0 cm³/mol. The molecule has 1 heterocycles. The molecular weight excluding hydrogens is 226 g/mol. The Hall–Kier alpha value is -1.37. The first-order valence-electron chi connectivity index (χ1n) is 6.33. The van der Waals surface area contributed by atoms with Gasteiger partial charge in [0, 0.05) is 13.2 Å². The Bertz CT molecular complexity index is 470. The first-order chi connectivity index (χ1) is 8.59. The minimum absolute atomic E-state index is 0.551. The van der Waals surface area contributed by atoms with Gasteiger partial charge in [-0.2, -0.15) is 5.26 Å². The SMILES string of the molecule is Cc1ccc(C(O)C2(C#N)CCOCC2)c(C)c1. The lowest BCUT2D eigenvalue weighted by molar-refractivity contribution is -0.0312. The lowest BCUT2D eigenvalue weighted by Gasteiger charge is -2.35. The van der Waals surface area contributed by atoms with Gasteiger partial charge in [-0.15, -0.1) is 0 Å². The van der Waals surface area contributed by atoms with Crippen molar-refractivity contribution in [1.82, 2.24) is 0 Å². The molecule has 1 unspecified atom stereocenters. The van der Waals surface area contributed by atoms with Crippen molar-refractivity contribution in [2.45, 2.75) is 32.8 Å². The molecule has 96 valence electrons. The molecule has 1 aliphatic heterocycles. The topological polar surface area (TPSA) is 53.2 Å². The van der Waals surface area contributed by atoms with Gasteiger partial charge >= 0.3 is 0 Å². The molecular formula is C15H19NO2. The van der Waals surface area contributed by atoms with Gasteiger partial charge in [-0.1, -0.05) is 23.8 Å². The van der Waals surface area contributed by atoms with Crippen LogP contribution in [-0.2, 0) is 4.74 Å². The molecule has 2 rings (SSSR count). The number of benzene rings is 1. The summed E-state index contributed by atoms with van der Waals surface area (Å²) < 4.78 is 5.30. The van der Waals surface area contributed by atoms with E-state index < -0.39 is 11.5 Å². The zero-order valence-corrected chi connectivity index (χ0v) is 10.9. The fraction of sp³-hybridized carbons (Fsp3) is 0.533. The fourth-order valence-corrected chi connectivity index (χ4v) is 2.61. The Labute approximate surface area is 108 Å². The highest BCUT2D eigenvalue weighted by Gasteiger charge is 2.41. The molecule has 0 aromatic heterocycles. The van der Waals surface area contributed by atoms with Crippen molar-refractivity contribution >= 4 is 0 Å². The number of nitriles is 1. The third-order valence-corrected chi connectivity index (χ3v) is 3.85. The monoisotopic (exact) mass is 245 g/mol. The van der Waals surface area contributed by atoms with Crippen molar-refractivity contribution in [1.29, 1.82) is 5.26 Å². The Balaban J connectivity index is 2.34. The van der Waals surface area contributed by atoms with E-state index in [2.05, 4.69) is 6.07 Å². The predicted octanol–water partition coefficient (Wildman–Crippen LogP) is 2.66. The summed E-state index contributed by atoms with van der Waals surface area (Å²) in [5, 5.41) is 20.0. The Morgan fingerprint density at radius 3 is 2.56 bits per heavy atom. The average molecular weight is 245 g/mol. The lowest BCUT2D eigenvalue weighted by Crippen LogP contribution is -2.34. The fourth-order valence-electron chi connectivity index (χ4n) is 2.61. The summed E-state index contributed by atoms with van der Waals surface area (Å²) >= 11 is 0. The van der Waals surface area contributed by atoms with Crippen LogP contribution in [0.1, 0.15) is 35.6 Å². The van der Waals surface area contributed by atoms with Gasteiger partial charge in [0.1, 0.15) is 0 Å². The van der Waals surface area contributed by atoms with E-state index in [4.69, 9.17) is 4.74 Å². The highest BCUT2D eigenvalue weighted by atomic mass is 16.5. The van der Waals surface area contributed by atoms with Crippen LogP contribution in [-0.4, -0.2) is 18.3 Å². The summed E-state index contributed by atoms with van der Waals surface area (Å²) in [7, 11) is 0. The molecule has 0 saturated carbocycles. The molecule has 1 N–H and O–H groups in total. The van der Waals surface area contributed by atoms with E-state index in [1.807, 2.05) is 32.0 Å². The number of hydrogen-bond acceptors (Lipinski definition) is 3. The van der Waals surface area contributed by atoms with Gasteiger partial charge in [-0.25, -0.2) is 0 Å². The van der Waals surface area contributed by atoms with Gasteiger partial charge in [0.15, 0.2) is 0 Å². The summed E-state index contributed by atoms with van der Waals surface area (Å²) in [6.07, 6.45) is 0.461. The molecule has 0 radical (unpaired) electrons. The van der Waals surface area contributed by atoms with Gasteiger partial charge in [0.05, 0.1) is 17.6 Å². The van der Waals surface area contributed by atoms with Crippen LogP contribution in [0.4, 0.5) is 0 Å². The third kappa shape index (κ3) is 2.27. The van der Waals surface area contributed by atoms with E-state index in [0.717, 1.165) is 11.1 Å². The maximum Gasteiger partial charge on any atom is 0.0980 e. The summed E-state index contributed by atoms with van der Waals surface area (Å²) in [4.78, 5) is 0. The quantitative estimate of drug-likeness (QED) is 0.871. The summed E-state index contributed by atoms with van der Waals surface area (Å²) in [5.74, 6) is 0. The summed E-state index contributed by atoms with van der Waals surface area (Å²) in [5.41, 5.74) is 2.38. The number of rotatable bonds is 2. The zero-order chi connectivity index (χ0) is 13.2. The number of aliphatic hydroxyl groups excluding tert-OH is 1. The van der Waals surface area contributed by atoms with Crippen LogP contribution in [0.2, 0.25) is 0 Å². The number of nitrogens with zero attached hydrogens (tertiary/aromatic N) is 1.